The molecule has 0 bridgehead atoms. The number of nitrogens with one attached hydrogen (secondary N) is 9. The van der Waals surface area contributed by atoms with Gasteiger partial charge >= 0.3 is 5.97 Å². The summed E-state index contributed by atoms with van der Waals surface area (Å²) < 4.78 is 0. The Morgan fingerprint density at radius 3 is 1.97 bits per heavy atom. The highest BCUT2D eigenvalue weighted by atomic mass is 33.1. The summed E-state index contributed by atoms with van der Waals surface area (Å²) in [6.07, 6.45) is 2.00. The maximum Gasteiger partial charge on any atom is 0.305 e. The molecule has 15 N–H and O–H groups in total. The van der Waals surface area contributed by atoms with Gasteiger partial charge in [0.2, 0.25) is 65.0 Å². The fourth-order valence-corrected chi connectivity index (χ4v) is 12.2. The topological polar surface area (TPSA) is 425 Å². The third kappa shape index (κ3) is 23.4. The van der Waals surface area contributed by atoms with Crippen LogP contribution in [0.25, 0.3) is 0 Å². The number of aromatic hydroxyl groups is 1. The van der Waals surface area contributed by atoms with Gasteiger partial charge in [-0.1, -0.05) is 112 Å². The van der Waals surface area contributed by atoms with Crippen molar-refractivity contribution in [3.63, 3.8) is 0 Å². The first-order valence-electron chi connectivity index (χ1n) is 30.2. The molecule has 3 aromatic rings. The quantitative estimate of drug-likeness (QED) is 0.0511. The lowest BCUT2D eigenvalue weighted by Crippen LogP contribution is -2.61. The van der Waals surface area contributed by atoms with Crippen LogP contribution in [0.15, 0.2) is 79.1 Å². The van der Waals surface area contributed by atoms with E-state index in [-0.39, 0.29) is 68.4 Å². The number of hydrogen-bond acceptors (Lipinski definition) is 18. The Bertz CT molecular complexity index is 3000. The van der Waals surface area contributed by atoms with Crippen molar-refractivity contribution in [2.24, 2.45) is 23.3 Å². The number of benzene rings is 2. The first kappa shape index (κ1) is 73.4. The van der Waals surface area contributed by atoms with Crippen LogP contribution in [0.1, 0.15) is 83.9 Å². The number of aliphatic carboxylic acids is 1. The van der Waals surface area contributed by atoms with Crippen LogP contribution in [-0.2, 0) is 76.8 Å². The molecule has 10 atom stereocenters. The van der Waals surface area contributed by atoms with Crippen molar-refractivity contribution in [1.82, 2.24) is 62.6 Å². The number of phenols is 1. The van der Waals surface area contributed by atoms with Gasteiger partial charge in [0.05, 0.1) is 19.0 Å². The number of carbonyl (C=O) groups is 12. The van der Waals surface area contributed by atoms with Gasteiger partial charge in [-0.2, -0.15) is 0 Å². The predicted octanol–water partition coefficient (Wildman–Crippen LogP) is -1.47. The summed E-state index contributed by atoms with van der Waals surface area (Å²) in [5.41, 5.74) is 13.7. The van der Waals surface area contributed by atoms with Crippen molar-refractivity contribution in [2.45, 2.75) is 147 Å². The highest BCUT2D eigenvalue weighted by Gasteiger charge is 2.39. The number of carboxylic acid groups (broad SMARTS) is 1. The Balaban J connectivity index is 1.62. The molecule has 3 heterocycles. The monoisotopic (exact) mass is 1300 g/mol. The van der Waals surface area contributed by atoms with E-state index in [1.165, 1.54) is 41.6 Å². The van der Waals surface area contributed by atoms with Crippen LogP contribution in [0.4, 0.5) is 0 Å². The summed E-state index contributed by atoms with van der Waals surface area (Å²) in [6, 6.07) is 3.40. The fraction of sp³-hybridized carbons (Fsp3) is 0.525. The zero-order valence-corrected chi connectivity index (χ0v) is 53.6. The van der Waals surface area contributed by atoms with Crippen LogP contribution < -0.4 is 59.3 Å². The summed E-state index contributed by atoms with van der Waals surface area (Å²) in [5, 5.41) is 43.8. The van der Waals surface area contributed by atoms with E-state index in [0.29, 0.717) is 36.2 Å². The van der Waals surface area contributed by atoms with Gasteiger partial charge in [-0.3, -0.25) is 62.5 Å². The smallest absolute Gasteiger partial charge is 0.305 e. The van der Waals surface area contributed by atoms with Crippen LogP contribution >= 0.6 is 21.6 Å². The van der Waals surface area contributed by atoms with Gasteiger partial charge in [0.15, 0.2) is 0 Å². The van der Waals surface area contributed by atoms with Gasteiger partial charge in [-0.25, -0.2) is 0 Å². The molecule has 0 saturated carbocycles. The molecular formula is C61H86N14O14S2. The molecule has 0 unspecified atom stereocenters. The lowest BCUT2D eigenvalue weighted by Gasteiger charge is -2.29. The third-order valence-corrected chi connectivity index (χ3v) is 17.8. The number of hydrogen-bond donors (Lipinski definition) is 13. The van der Waals surface area contributed by atoms with E-state index in [1.54, 1.807) is 70.2 Å². The van der Waals surface area contributed by atoms with Crippen LogP contribution in [0.3, 0.4) is 0 Å². The third-order valence-electron chi connectivity index (χ3n) is 15.4. The Kier molecular flexibility index (Phi) is 29.4. The first-order valence-corrected chi connectivity index (χ1v) is 32.7. The van der Waals surface area contributed by atoms with E-state index in [4.69, 9.17) is 11.5 Å². The summed E-state index contributed by atoms with van der Waals surface area (Å²) in [6.45, 7) is 10.9. The molecule has 0 radical (unpaired) electrons. The van der Waals surface area contributed by atoms with Crippen LogP contribution in [0.2, 0.25) is 0 Å². The SMILES string of the molecule is CCN(CC)CC[C@@H]1NC(=O)[C@@H](NC(=O)[C@H](Cc2ccc(O)cc2)NC(=O)[C@@H](N)C(C)C)CSSC[C@@H](C(=O)N[C@@H](Cc2cccnc2)C(N)=O)NC(=O)[C@H](Cc2ccccc2)NC(=O)[C@@H]2CCCN2C(=O)CNC(=O)[C@H](C(C)C)NC(=O)[C@H](CC(=O)O)NC1=O. The van der Waals surface area contributed by atoms with Gasteiger partial charge in [0.25, 0.3) is 0 Å². The van der Waals surface area contributed by atoms with E-state index < -0.39 is 150 Å². The minimum atomic E-state index is -1.84. The molecule has 28 nitrogen and oxygen atoms in total. The molecule has 2 fully saturated rings. The highest BCUT2D eigenvalue weighted by Crippen LogP contribution is 2.25. The number of fused-ring (bicyclic) bond motifs is 1. The van der Waals surface area contributed by atoms with Gasteiger partial charge in [-0.05, 0) is 79.1 Å². The number of primary amides is 1. The van der Waals surface area contributed by atoms with Gasteiger partial charge < -0.3 is 79.3 Å². The standard InChI is InChI=1S/C61H86N14O14S2/c1-7-74(8-2)25-22-40-53(81)68-44(29-49(78)79)56(84)73-51(35(5)6)61(89)65-31-48(77)75-24-13-17-47(75)59(87)69-42(26-36-14-10-9-11-15-36)54(82)72-46(58(86)67-41(52(63)80)28-38-16-12-23-64-30-38)33-91-90-32-45(57(85)66-40)71-55(83)43(70-60(88)50(62)34(3)4)27-37-18-20-39(76)21-19-37/h9-12,14-16,18-21,23,30,34-35,40-47,50-51,76H,7-8,13,17,22,24-29,31-33,62H2,1-6H3,(H2,63,80)(H,65,89)(H,66,85)(H,67,86)(H,68,81)(H,69,87)(H,70,88)(H,71,83)(H,72,82)(H,73,84)(H,78,79)/t40-,41-,42-,43-,44-,45-,46-,47-,50-,51-/m0/s1. The molecule has 30 heteroatoms. The largest absolute Gasteiger partial charge is 0.508 e. The number of carboxylic acids is 1. The molecular weight excluding hydrogens is 1220 g/mol. The summed E-state index contributed by atoms with van der Waals surface area (Å²) >= 11 is 0. The van der Waals surface area contributed by atoms with E-state index in [2.05, 4.69) is 52.8 Å². The fourth-order valence-electron chi connectivity index (χ4n) is 9.92. The minimum absolute atomic E-state index is 0.0797. The summed E-state index contributed by atoms with van der Waals surface area (Å²) in [4.78, 5) is 176. The van der Waals surface area contributed by atoms with E-state index in [9.17, 15) is 67.7 Å². The Morgan fingerprint density at radius 2 is 1.34 bits per heavy atom. The van der Waals surface area contributed by atoms with Crippen molar-refractivity contribution in [2.75, 3.05) is 44.2 Å². The van der Waals surface area contributed by atoms with Crippen molar-refractivity contribution in [3.05, 3.63) is 95.8 Å². The van der Waals surface area contributed by atoms with Gasteiger partial charge in [-0.15, -0.1) is 0 Å². The molecule has 0 aliphatic carbocycles. The number of carbonyl (C=O) groups excluding carboxylic acids is 11. The van der Waals surface area contributed by atoms with E-state index in [0.717, 1.165) is 21.6 Å². The Hall–Kier alpha value is -8.35. The number of pyridine rings is 1. The lowest BCUT2D eigenvalue weighted by atomic mass is 10.0. The van der Waals surface area contributed by atoms with E-state index >= 15 is 0 Å². The number of nitrogens with two attached hydrogens (primary N) is 2. The van der Waals surface area contributed by atoms with Crippen LogP contribution in [0, 0.1) is 11.8 Å². The lowest BCUT2D eigenvalue weighted by molar-refractivity contribution is -0.142. The molecule has 2 aliphatic rings. The summed E-state index contributed by atoms with van der Waals surface area (Å²) in [5.74, 6) is -13.0. The Labute approximate surface area is 536 Å². The normalized spacial score (nSPS) is 22.2. The molecule has 5 rings (SSSR count). The van der Waals surface area contributed by atoms with Gasteiger partial charge in [0, 0.05) is 56.3 Å². The van der Waals surface area contributed by atoms with Crippen LogP contribution in [-0.4, -0.2) is 201 Å². The summed E-state index contributed by atoms with van der Waals surface area (Å²) in [7, 11) is 1.85. The second-order valence-electron chi connectivity index (χ2n) is 22.9. The molecule has 91 heavy (non-hydrogen) atoms. The Morgan fingerprint density at radius 1 is 0.714 bits per heavy atom. The minimum Gasteiger partial charge on any atom is -0.508 e. The maximum atomic E-state index is 15.0. The van der Waals surface area contributed by atoms with Crippen molar-refractivity contribution < 1.29 is 67.7 Å². The number of amides is 11. The van der Waals surface area contributed by atoms with Crippen LogP contribution in [0.5, 0.6) is 5.75 Å². The van der Waals surface area contributed by atoms with E-state index in [1.807, 2.05) is 18.7 Å². The molecule has 11 amide bonds. The predicted molar refractivity (Wildman–Crippen MR) is 340 cm³/mol. The number of nitrogens with zero attached hydrogens (tertiary/aromatic N) is 3. The second-order valence-corrected chi connectivity index (χ2v) is 25.5. The number of phenolic OH excluding ortho intramolecular Hbond substituents is 1. The molecule has 2 aliphatic heterocycles. The first-order chi connectivity index (χ1) is 43.3. The zero-order valence-electron chi connectivity index (χ0n) is 51.9. The maximum absolute atomic E-state index is 15.0. The molecule has 2 saturated heterocycles. The van der Waals surface area contributed by atoms with Crippen molar-refractivity contribution in [3.8, 4) is 5.75 Å². The molecule has 0 spiro atoms. The highest BCUT2D eigenvalue weighted by molar-refractivity contribution is 8.76. The average molecular weight is 1300 g/mol. The van der Waals surface area contributed by atoms with Crippen molar-refractivity contribution >= 4 is 92.5 Å². The molecule has 496 valence electrons. The van der Waals surface area contributed by atoms with Crippen molar-refractivity contribution in [1.29, 1.82) is 0 Å². The van der Waals surface area contributed by atoms with Gasteiger partial charge in [0.1, 0.15) is 60.1 Å². The zero-order chi connectivity index (χ0) is 66.9. The number of rotatable bonds is 22. The second kappa shape index (κ2) is 36.5. The number of aromatic nitrogens is 1. The molecule has 2 aromatic carbocycles. The average Bonchev–Trinajstić information content (AvgIpc) is 3.27. The molecule has 1 aromatic heterocycles.